The Bertz CT molecular complexity index is 1220. The van der Waals surface area contributed by atoms with Crippen LogP contribution in [0.15, 0.2) is 90.1 Å². The summed E-state index contributed by atoms with van der Waals surface area (Å²) in [5, 5.41) is 0. The number of pyridine rings is 1. The van der Waals surface area contributed by atoms with E-state index in [0.717, 1.165) is 53.3 Å². The molecular weight excluding hydrogens is 372 g/mol. The summed E-state index contributed by atoms with van der Waals surface area (Å²) < 4.78 is 2.00. The van der Waals surface area contributed by atoms with E-state index in [2.05, 4.69) is 29.1 Å². The molecule has 0 atom stereocenters. The van der Waals surface area contributed by atoms with Crippen LogP contribution in [0.4, 0.5) is 0 Å². The third kappa shape index (κ3) is 3.48. The first-order valence-corrected chi connectivity index (χ1v) is 10.2. The lowest BCUT2D eigenvalue weighted by atomic mass is 9.97. The summed E-state index contributed by atoms with van der Waals surface area (Å²) in [6, 6.07) is 3.99. The Morgan fingerprint density at radius 2 is 1.97 bits per heavy atom. The van der Waals surface area contributed by atoms with E-state index >= 15 is 0 Å². The Morgan fingerprint density at radius 3 is 2.80 bits per heavy atom. The van der Waals surface area contributed by atoms with Crippen LogP contribution in [0.2, 0.25) is 0 Å². The van der Waals surface area contributed by atoms with Crippen molar-refractivity contribution in [2.45, 2.75) is 13.3 Å². The van der Waals surface area contributed by atoms with Gasteiger partial charge in [0, 0.05) is 43.5 Å². The van der Waals surface area contributed by atoms with E-state index in [1.165, 1.54) is 5.57 Å². The molecule has 0 bridgehead atoms. The number of aromatic nitrogens is 2. The average molecular weight is 396 g/mol. The summed E-state index contributed by atoms with van der Waals surface area (Å²) in [6.45, 7) is 3.96. The molecule has 5 rings (SSSR count). The maximum Gasteiger partial charge on any atom is 0.255 e. The highest BCUT2D eigenvalue weighted by Gasteiger charge is 2.21. The molecule has 0 spiro atoms. The second-order valence-corrected chi connectivity index (χ2v) is 7.98. The molecule has 3 aliphatic heterocycles. The van der Waals surface area contributed by atoms with Crippen molar-refractivity contribution in [3.8, 4) is 0 Å². The van der Waals surface area contributed by atoms with E-state index in [1.807, 2.05) is 66.4 Å². The van der Waals surface area contributed by atoms with Crippen LogP contribution >= 0.6 is 0 Å². The van der Waals surface area contributed by atoms with Gasteiger partial charge in [0.25, 0.3) is 5.91 Å². The second kappa shape index (κ2) is 7.43. The van der Waals surface area contributed by atoms with Crippen LogP contribution in [0, 0.1) is 6.92 Å². The number of carbonyl (C=O) groups excluding carboxylic acids is 1. The molecule has 0 saturated heterocycles. The van der Waals surface area contributed by atoms with Crippen LogP contribution < -0.4 is 0 Å². The van der Waals surface area contributed by atoms with Crippen LogP contribution in [0.1, 0.15) is 17.7 Å². The van der Waals surface area contributed by atoms with Gasteiger partial charge in [-0.2, -0.15) is 0 Å². The van der Waals surface area contributed by atoms with Crippen molar-refractivity contribution in [1.29, 1.82) is 0 Å². The van der Waals surface area contributed by atoms with Crippen molar-refractivity contribution in [3.63, 3.8) is 0 Å². The van der Waals surface area contributed by atoms with E-state index in [4.69, 9.17) is 0 Å². The number of hydrogen-bond donors (Lipinski definition) is 0. The number of allylic oxidation sites excluding steroid dienone is 7. The van der Waals surface area contributed by atoms with Gasteiger partial charge in [0.1, 0.15) is 5.65 Å². The molecule has 2 aromatic heterocycles. The topological polar surface area (TPSA) is 40.9 Å². The Kier molecular flexibility index (Phi) is 4.60. The minimum atomic E-state index is -0.0436. The fourth-order valence-corrected chi connectivity index (χ4v) is 4.03. The molecule has 0 radical (unpaired) electrons. The third-order valence-electron chi connectivity index (χ3n) is 5.73. The second-order valence-electron chi connectivity index (χ2n) is 7.98. The summed E-state index contributed by atoms with van der Waals surface area (Å²) in [6.07, 6.45) is 21.1. The summed E-state index contributed by atoms with van der Waals surface area (Å²) in [5.74, 6) is -0.0436. The zero-order valence-electron chi connectivity index (χ0n) is 17.2. The van der Waals surface area contributed by atoms with Crippen LogP contribution in [0.5, 0.6) is 0 Å². The molecule has 5 nitrogen and oxygen atoms in total. The maximum atomic E-state index is 13.2. The number of hydrogen-bond acceptors (Lipinski definition) is 3. The largest absolute Gasteiger partial charge is 0.306 e. The molecule has 0 fully saturated rings. The number of fused-ring (bicyclic) bond motifs is 2. The minimum absolute atomic E-state index is 0.0436. The van der Waals surface area contributed by atoms with Gasteiger partial charge >= 0.3 is 0 Å². The Balaban J connectivity index is 1.49. The van der Waals surface area contributed by atoms with Crippen LogP contribution in [-0.2, 0) is 4.79 Å². The van der Waals surface area contributed by atoms with Crippen molar-refractivity contribution < 1.29 is 4.79 Å². The number of amides is 1. The number of carbonyl (C=O) groups is 1. The van der Waals surface area contributed by atoms with E-state index < -0.39 is 0 Å². The van der Waals surface area contributed by atoms with Gasteiger partial charge in [0.05, 0.1) is 5.69 Å². The standard InChI is InChI=1S/C25H24N4O/c1-18-15-28-16-21(7-9-24(28)26-18)20-4-3-5-23-8-6-22(17-29(23)25(30)14-20)19-10-12-27(2)13-11-19/h3-10,14-17H,11-13H2,1-2H3/b4-3?,20-14?,23-5+. The van der Waals surface area contributed by atoms with E-state index in [1.54, 1.807) is 11.0 Å². The SMILES string of the molecule is Cc1cn2cc(C3=CC(=O)N4C=C(C5=CCN(C)CC5)C=C/C4=C\C=C3)ccc2n1. The maximum absolute atomic E-state index is 13.2. The first-order valence-electron chi connectivity index (χ1n) is 10.2. The lowest BCUT2D eigenvalue weighted by Gasteiger charge is -2.27. The van der Waals surface area contributed by atoms with E-state index in [9.17, 15) is 4.79 Å². The molecule has 0 aliphatic carbocycles. The average Bonchev–Trinajstić information content (AvgIpc) is 3.11. The molecule has 5 heteroatoms. The molecule has 0 aromatic carbocycles. The van der Waals surface area contributed by atoms with Gasteiger partial charge in [-0.05, 0) is 67.0 Å². The number of likely N-dealkylation sites (N-methyl/N-ethyl adjacent to an activating group) is 1. The molecule has 5 heterocycles. The summed E-state index contributed by atoms with van der Waals surface area (Å²) in [7, 11) is 2.13. The monoisotopic (exact) mass is 396 g/mol. The van der Waals surface area contributed by atoms with Crippen molar-refractivity contribution in [1.82, 2.24) is 19.2 Å². The molecule has 0 saturated carbocycles. The number of rotatable bonds is 2. The normalized spacial score (nSPS) is 21.4. The fourth-order valence-electron chi connectivity index (χ4n) is 4.03. The summed E-state index contributed by atoms with van der Waals surface area (Å²) in [4.78, 5) is 21.7. The zero-order chi connectivity index (χ0) is 20.7. The van der Waals surface area contributed by atoms with Crippen LogP contribution in [-0.4, -0.2) is 45.2 Å². The molecule has 2 aromatic rings. The highest BCUT2D eigenvalue weighted by atomic mass is 16.2. The molecule has 150 valence electrons. The first kappa shape index (κ1) is 18.6. The van der Waals surface area contributed by atoms with Gasteiger partial charge in [-0.15, -0.1) is 0 Å². The fraction of sp³-hybridized carbons (Fsp3) is 0.200. The smallest absolute Gasteiger partial charge is 0.255 e. The Morgan fingerprint density at radius 1 is 1.07 bits per heavy atom. The molecular formula is C25H24N4O. The molecule has 3 aliphatic rings. The van der Waals surface area contributed by atoms with Crippen molar-refractivity contribution in [2.24, 2.45) is 0 Å². The van der Waals surface area contributed by atoms with Gasteiger partial charge in [0.2, 0.25) is 0 Å². The molecule has 30 heavy (non-hydrogen) atoms. The van der Waals surface area contributed by atoms with Crippen molar-refractivity contribution in [2.75, 3.05) is 20.1 Å². The van der Waals surface area contributed by atoms with Gasteiger partial charge in [-0.3, -0.25) is 9.69 Å². The van der Waals surface area contributed by atoms with Crippen LogP contribution in [0.25, 0.3) is 11.2 Å². The van der Waals surface area contributed by atoms with Crippen molar-refractivity contribution >= 4 is 17.1 Å². The Labute approximate surface area is 176 Å². The van der Waals surface area contributed by atoms with Crippen LogP contribution in [0.3, 0.4) is 0 Å². The highest BCUT2D eigenvalue weighted by Crippen LogP contribution is 2.28. The molecule has 0 unspecified atom stereocenters. The highest BCUT2D eigenvalue weighted by molar-refractivity contribution is 6.00. The van der Waals surface area contributed by atoms with Gasteiger partial charge < -0.3 is 9.30 Å². The Hall–Kier alpha value is -3.44. The minimum Gasteiger partial charge on any atom is -0.306 e. The lowest BCUT2D eigenvalue weighted by molar-refractivity contribution is -0.122. The van der Waals surface area contributed by atoms with Crippen molar-refractivity contribution in [3.05, 3.63) is 101 Å². The summed E-state index contributed by atoms with van der Waals surface area (Å²) >= 11 is 0. The first-order chi connectivity index (χ1) is 14.6. The lowest BCUT2D eigenvalue weighted by Crippen LogP contribution is -2.27. The predicted octanol–water partition coefficient (Wildman–Crippen LogP) is 4.02. The zero-order valence-corrected chi connectivity index (χ0v) is 17.2. The number of aryl methyl sites for hydroxylation is 1. The number of imidazole rings is 1. The summed E-state index contributed by atoms with van der Waals surface area (Å²) in [5.41, 5.74) is 7.04. The van der Waals surface area contributed by atoms with Gasteiger partial charge in [0.15, 0.2) is 0 Å². The molecule has 0 N–H and O–H groups in total. The molecule has 1 amide bonds. The third-order valence-corrected chi connectivity index (χ3v) is 5.73. The number of nitrogens with zero attached hydrogens (tertiary/aromatic N) is 4. The predicted molar refractivity (Wildman–Crippen MR) is 119 cm³/mol. The van der Waals surface area contributed by atoms with E-state index in [-0.39, 0.29) is 5.91 Å². The van der Waals surface area contributed by atoms with E-state index in [0.29, 0.717) is 0 Å². The van der Waals surface area contributed by atoms with Gasteiger partial charge in [-0.25, -0.2) is 4.98 Å². The van der Waals surface area contributed by atoms with Gasteiger partial charge in [-0.1, -0.05) is 24.3 Å². The quantitative estimate of drug-likeness (QED) is 0.770.